The van der Waals surface area contributed by atoms with Gasteiger partial charge in [-0.15, -0.1) is 0 Å². The first-order chi connectivity index (χ1) is 16.0. The van der Waals surface area contributed by atoms with Gasteiger partial charge >= 0.3 is 0 Å². The molecule has 0 aliphatic carbocycles. The van der Waals surface area contributed by atoms with E-state index in [1.807, 2.05) is 37.3 Å². The highest BCUT2D eigenvalue weighted by atomic mass is 16.3. The van der Waals surface area contributed by atoms with Crippen molar-refractivity contribution in [3.8, 4) is 11.5 Å². The Balaban J connectivity index is 1.85. The highest BCUT2D eigenvalue weighted by Crippen LogP contribution is 2.52. The van der Waals surface area contributed by atoms with E-state index in [0.29, 0.717) is 32.9 Å². The van der Waals surface area contributed by atoms with Crippen molar-refractivity contribution in [1.82, 2.24) is 9.97 Å². The number of aryl methyl sites for hydroxylation is 1. The summed E-state index contributed by atoms with van der Waals surface area (Å²) in [6.07, 6.45) is 3.23. The van der Waals surface area contributed by atoms with Gasteiger partial charge in [0, 0.05) is 34.4 Å². The molecule has 1 aliphatic heterocycles. The zero-order chi connectivity index (χ0) is 22.7. The van der Waals surface area contributed by atoms with Crippen LogP contribution < -0.4 is 5.32 Å². The summed E-state index contributed by atoms with van der Waals surface area (Å²) in [5.41, 5.74) is 3.53. The Bertz CT molecular complexity index is 1520. The molecular weight excluding hydrogens is 414 g/mol. The third kappa shape index (κ3) is 2.52. The molecule has 3 aromatic carbocycles. The fraction of sp³-hybridized carbons (Fsp3) is 0.0741. The van der Waals surface area contributed by atoms with Crippen molar-refractivity contribution in [3.63, 3.8) is 0 Å². The van der Waals surface area contributed by atoms with Crippen LogP contribution in [-0.4, -0.2) is 26.1 Å². The van der Waals surface area contributed by atoms with Crippen molar-refractivity contribution in [2.24, 2.45) is 0 Å². The summed E-state index contributed by atoms with van der Waals surface area (Å²) in [6, 6.07) is 19.9. The number of pyridine rings is 2. The number of fused-ring (bicyclic) bond motifs is 3. The maximum Gasteiger partial charge on any atom is 0.244 e. The first-order valence-corrected chi connectivity index (χ1v) is 10.6. The topological polar surface area (TPSA) is 95.3 Å². The lowest BCUT2D eigenvalue weighted by atomic mass is 9.68. The average Bonchev–Trinajstić information content (AvgIpc) is 3.12. The van der Waals surface area contributed by atoms with Crippen molar-refractivity contribution < 1.29 is 15.0 Å². The van der Waals surface area contributed by atoms with Gasteiger partial charge in [-0.3, -0.25) is 14.8 Å². The van der Waals surface area contributed by atoms with E-state index in [0.717, 1.165) is 16.8 Å². The molecule has 3 heterocycles. The van der Waals surface area contributed by atoms with E-state index >= 15 is 0 Å². The van der Waals surface area contributed by atoms with Gasteiger partial charge in [0.1, 0.15) is 27.9 Å². The molecule has 5 aromatic rings. The van der Waals surface area contributed by atoms with Crippen LogP contribution in [0.5, 0.6) is 11.5 Å². The summed E-state index contributed by atoms with van der Waals surface area (Å²) in [4.78, 5) is 22.8. The SMILES string of the molecule is Cc1ccc2c(c1)C(c1ccc(O)c3ncccc13)(c1ccc(O)c3ncccc13)C(=O)N2. The summed E-state index contributed by atoms with van der Waals surface area (Å²) in [6.45, 7) is 1.99. The number of rotatable bonds is 2. The molecule has 33 heavy (non-hydrogen) atoms. The lowest BCUT2D eigenvalue weighted by molar-refractivity contribution is -0.118. The number of hydrogen-bond acceptors (Lipinski definition) is 5. The van der Waals surface area contributed by atoms with E-state index in [4.69, 9.17) is 0 Å². The molecule has 0 atom stereocenters. The fourth-order valence-electron chi connectivity index (χ4n) is 5.07. The highest BCUT2D eigenvalue weighted by Gasteiger charge is 2.51. The van der Waals surface area contributed by atoms with E-state index in [1.165, 1.54) is 0 Å². The first-order valence-electron chi connectivity index (χ1n) is 10.6. The molecule has 0 saturated heterocycles. The monoisotopic (exact) mass is 433 g/mol. The summed E-state index contributed by atoms with van der Waals surface area (Å²) in [7, 11) is 0. The molecule has 0 unspecified atom stereocenters. The number of nitrogens with one attached hydrogen (secondary N) is 1. The van der Waals surface area contributed by atoms with Gasteiger partial charge in [-0.1, -0.05) is 42.0 Å². The number of phenolic OH excluding ortho intramolecular Hbond substituents is 2. The second-order valence-electron chi connectivity index (χ2n) is 8.32. The lowest BCUT2D eigenvalue weighted by Gasteiger charge is -2.31. The molecule has 6 nitrogen and oxygen atoms in total. The Hall–Kier alpha value is -4.45. The van der Waals surface area contributed by atoms with Gasteiger partial charge in [0.2, 0.25) is 5.91 Å². The maximum absolute atomic E-state index is 14.0. The lowest BCUT2D eigenvalue weighted by Crippen LogP contribution is -2.37. The third-order valence-corrected chi connectivity index (χ3v) is 6.47. The van der Waals surface area contributed by atoms with Crippen molar-refractivity contribution in [2.75, 3.05) is 5.32 Å². The van der Waals surface area contributed by atoms with Gasteiger partial charge in [0.25, 0.3) is 0 Å². The van der Waals surface area contributed by atoms with Crippen LogP contribution in [0.15, 0.2) is 79.1 Å². The van der Waals surface area contributed by atoms with Crippen molar-refractivity contribution in [2.45, 2.75) is 12.3 Å². The molecule has 1 aliphatic rings. The minimum Gasteiger partial charge on any atom is -0.506 e. The van der Waals surface area contributed by atoms with Gasteiger partial charge in [-0.25, -0.2) is 0 Å². The van der Waals surface area contributed by atoms with Crippen molar-refractivity contribution in [1.29, 1.82) is 0 Å². The molecular formula is C27H19N3O3. The van der Waals surface area contributed by atoms with E-state index in [-0.39, 0.29) is 17.4 Å². The zero-order valence-electron chi connectivity index (χ0n) is 17.7. The molecule has 1 amide bonds. The van der Waals surface area contributed by atoms with Crippen LogP contribution in [0.4, 0.5) is 5.69 Å². The second kappa shape index (κ2) is 6.77. The van der Waals surface area contributed by atoms with Gasteiger partial charge < -0.3 is 15.5 Å². The predicted molar refractivity (Wildman–Crippen MR) is 127 cm³/mol. The Morgan fingerprint density at radius 3 is 1.91 bits per heavy atom. The molecule has 2 aromatic heterocycles. The van der Waals surface area contributed by atoms with Gasteiger partial charge in [0.15, 0.2) is 0 Å². The summed E-state index contributed by atoms with van der Waals surface area (Å²) < 4.78 is 0. The minimum atomic E-state index is -1.24. The summed E-state index contributed by atoms with van der Waals surface area (Å²) in [5.74, 6) is -0.121. The minimum absolute atomic E-state index is 0.0459. The molecule has 3 N–H and O–H groups in total. The van der Waals surface area contributed by atoms with Gasteiger partial charge in [-0.05, 0) is 48.4 Å². The van der Waals surface area contributed by atoms with E-state index in [1.54, 1.807) is 48.8 Å². The van der Waals surface area contributed by atoms with E-state index < -0.39 is 5.41 Å². The van der Waals surface area contributed by atoms with Crippen LogP contribution in [0.2, 0.25) is 0 Å². The Morgan fingerprint density at radius 2 is 1.33 bits per heavy atom. The number of benzene rings is 3. The molecule has 0 spiro atoms. The normalized spacial score (nSPS) is 14.4. The van der Waals surface area contributed by atoms with Gasteiger partial charge in [0.05, 0.1) is 0 Å². The number of carbonyl (C=O) groups excluding carboxylic acids is 1. The number of aromatic hydroxyl groups is 2. The summed E-state index contributed by atoms with van der Waals surface area (Å²) in [5, 5.41) is 25.4. The standard InChI is InChI=1S/C27H19N3O3/c1-15-6-9-21-20(14-15)27(26(33)30-21,18-7-10-22(31)24-16(18)4-2-12-28-24)19-8-11-23(32)25-17(19)5-3-13-29-25/h2-14,31-32H,1H3,(H,30,33). The van der Waals surface area contributed by atoms with Crippen LogP contribution in [-0.2, 0) is 10.2 Å². The largest absolute Gasteiger partial charge is 0.506 e. The smallest absolute Gasteiger partial charge is 0.244 e. The van der Waals surface area contributed by atoms with Crippen molar-refractivity contribution in [3.05, 3.63) is 101 Å². The fourth-order valence-corrected chi connectivity index (χ4v) is 5.07. The molecule has 0 saturated carbocycles. The third-order valence-electron chi connectivity index (χ3n) is 6.47. The van der Waals surface area contributed by atoms with Crippen LogP contribution in [0.3, 0.4) is 0 Å². The molecule has 160 valence electrons. The Morgan fingerprint density at radius 1 is 0.758 bits per heavy atom. The number of carbonyl (C=O) groups is 1. The van der Waals surface area contributed by atoms with Crippen LogP contribution in [0, 0.1) is 6.92 Å². The van der Waals surface area contributed by atoms with Gasteiger partial charge in [-0.2, -0.15) is 0 Å². The summed E-state index contributed by atoms with van der Waals surface area (Å²) >= 11 is 0. The molecule has 6 heteroatoms. The number of hydrogen-bond donors (Lipinski definition) is 3. The quantitative estimate of drug-likeness (QED) is 0.372. The van der Waals surface area contributed by atoms with Crippen LogP contribution >= 0.6 is 0 Å². The maximum atomic E-state index is 14.0. The Labute approximate surface area is 189 Å². The number of phenols is 2. The zero-order valence-corrected chi connectivity index (χ0v) is 17.7. The van der Waals surface area contributed by atoms with E-state index in [2.05, 4.69) is 15.3 Å². The highest BCUT2D eigenvalue weighted by molar-refractivity contribution is 6.15. The average molecular weight is 433 g/mol. The van der Waals surface area contributed by atoms with Crippen molar-refractivity contribution >= 4 is 33.4 Å². The number of nitrogens with zero attached hydrogens (tertiary/aromatic N) is 2. The molecule has 0 fully saturated rings. The second-order valence-corrected chi connectivity index (χ2v) is 8.32. The Kier molecular flexibility index (Phi) is 3.95. The van der Waals surface area contributed by atoms with E-state index in [9.17, 15) is 15.0 Å². The predicted octanol–water partition coefficient (Wildman–Crippen LogP) is 4.79. The molecule has 0 bridgehead atoms. The number of aromatic nitrogens is 2. The number of anilines is 1. The first kappa shape index (κ1) is 19.3. The molecule has 6 rings (SSSR count). The van der Waals surface area contributed by atoms with Crippen LogP contribution in [0.1, 0.15) is 22.3 Å². The van der Waals surface area contributed by atoms with Crippen LogP contribution in [0.25, 0.3) is 21.8 Å². The molecule has 0 radical (unpaired) electrons. The number of amides is 1.